The Hall–Kier alpha value is -6.41. The molecule has 0 radical (unpaired) electrons. The zero-order chi connectivity index (χ0) is 57.4. The summed E-state index contributed by atoms with van der Waals surface area (Å²) >= 11 is 0. The Labute approximate surface area is 413 Å². The highest BCUT2D eigenvalue weighted by Crippen LogP contribution is 2.42. The highest BCUT2D eigenvalue weighted by atomic mass is 32.2. The summed E-state index contributed by atoms with van der Waals surface area (Å²) in [5.41, 5.74) is -29.0. The summed E-state index contributed by atoms with van der Waals surface area (Å²) < 4.78 is 353. The van der Waals surface area contributed by atoms with Crippen LogP contribution in [-0.4, -0.2) is 18.7 Å². The predicted molar refractivity (Wildman–Crippen MR) is 235 cm³/mol. The van der Waals surface area contributed by atoms with Crippen LogP contribution in [0.5, 0.6) is 0 Å². The third-order valence-electron chi connectivity index (χ3n) is 11.8. The largest absolute Gasteiger partial charge is 0.416 e. The first-order valence-electron chi connectivity index (χ1n) is 21.0. The van der Waals surface area contributed by atoms with Gasteiger partial charge in [-0.1, -0.05) is 97.1 Å². The first kappa shape index (κ1) is 58.8. The van der Waals surface area contributed by atoms with Crippen molar-refractivity contribution in [2.24, 2.45) is 0 Å². The van der Waals surface area contributed by atoms with Crippen LogP contribution in [0.4, 0.5) is 105 Å². The number of benzene rings is 7. The van der Waals surface area contributed by atoms with Gasteiger partial charge in [-0.2, -0.15) is 127 Å². The first-order valence-corrected chi connectivity index (χ1v) is 23.5. The Morgan fingerprint density at radius 2 is 0.513 bits per heavy atom. The van der Waals surface area contributed by atoms with Crippen molar-refractivity contribution in [3.8, 4) is 0 Å². The SMILES string of the molecule is C[S+](C)(=O)Cc1c2ccccc2cc2ccccc12.FC(F)(F)c1cc([B-](c2cc(C(F)(F)F)cc(C(F)(F)F)c2)(c2cc(C(F)(F)F)cc(C(F)(F)F)c2)c2cc(C(F)(F)F)cc(C(F)(F)F)c2)cc(C(F)(F)F)c1. The second-order valence-corrected chi connectivity index (χ2v) is 20.8. The summed E-state index contributed by atoms with van der Waals surface area (Å²) in [7, 11) is -1.81. The maximum Gasteiger partial charge on any atom is 0.416 e. The minimum atomic E-state index is -6.13. The van der Waals surface area contributed by atoms with Gasteiger partial charge in [0, 0.05) is 5.56 Å². The Balaban J connectivity index is 0.000000408. The van der Waals surface area contributed by atoms with E-state index in [9.17, 15) is 110 Å². The van der Waals surface area contributed by atoms with Gasteiger partial charge in [-0.3, -0.25) is 0 Å². The van der Waals surface area contributed by atoms with Gasteiger partial charge in [0.1, 0.15) is 24.4 Å². The Morgan fingerprint density at radius 3 is 0.697 bits per heavy atom. The monoisotopic (exact) mass is 1130 g/mol. The van der Waals surface area contributed by atoms with Gasteiger partial charge in [0.05, 0.1) is 54.4 Å². The average molecular weight is 1130 g/mol. The lowest BCUT2D eigenvalue weighted by Crippen LogP contribution is -2.75. The fourth-order valence-corrected chi connectivity index (χ4v) is 9.69. The molecule has 0 unspecified atom stereocenters. The van der Waals surface area contributed by atoms with E-state index in [1.165, 1.54) is 27.1 Å². The maximum atomic E-state index is 14.2. The fraction of sp³-hybridized carbons (Fsp3) is 0.224. The molecule has 0 atom stereocenters. The van der Waals surface area contributed by atoms with E-state index in [1.807, 2.05) is 24.6 Å². The zero-order valence-electron chi connectivity index (χ0n) is 37.8. The van der Waals surface area contributed by atoms with E-state index in [4.69, 9.17) is 0 Å². The van der Waals surface area contributed by atoms with E-state index in [0.717, 1.165) is 0 Å². The molecule has 7 rings (SSSR count). The maximum absolute atomic E-state index is 14.2. The van der Waals surface area contributed by atoms with Crippen molar-refractivity contribution >= 4 is 59.5 Å². The van der Waals surface area contributed by atoms with E-state index < -0.39 is 205 Å². The fourth-order valence-electron chi connectivity index (χ4n) is 8.68. The van der Waals surface area contributed by atoms with Gasteiger partial charge in [-0.05, 0) is 51.9 Å². The van der Waals surface area contributed by atoms with Gasteiger partial charge in [-0.25, -0.2) is 0 Å². The number of fused-ring (bicyclic) bond motifs is 2. The molecule has 27 heteroatoms. The van der Waals surface area contributed by atoms with Gasteiger partial charge in [0.25, 0.3) is 0 Å². The van der Waals surface area contributed by atoms with Crippen molar-refractivity contribution in [2.45, 2.75) is 55.2 Å². The Kier molecular flexibility index (Phi) is 15.1. The van der Waals surface area contributed by atoms with Crippen molar-refractivity contribution in [1.82, 2.24) is 0 Å². The van der Waals surface area contributed by atoms with E-state index in [1.54, 1.807) is 0 Å². The van der Waals surface area contributed by atoms with Crippen LogP contribution in [-0.2, 0) is 69.3 Å². The molecular formula is C49H29BF24OS. The van der Waals surface area contributed by atoms with Crippen molar-refractivity contribution in [3.05, 3.63) is 177 Å². The smallest absolute Gasteiger partial charge is 0.194 e. The topological polar surface area (TPSA) is 17.1 Å². The molecule has 1 nitrogen and oxygen atoms in total. The molecule has 0 aliphatic heterocycles. The molecule has 0 heterocycles. The lowest BCUT2D eigenvalue weighted by Gasteiger charge is -2.46. The molecule has 0 N–H and O–H groups in total. The molecule has 0 fully saturated rings. The summed E-state index contributed by atoms with van der Waals surface area (Å²) in [6.07, 6.45) is -51.1. The van der Waals surface area contributed by atoms with E-state index >= 15 is 0 Å². The number of alkyl halides is 24. The molecule has 408 valence electrons. The van der Waals surface area contributed by atoms with Crippen LogP contribution in [0.25, 0.3) is 21.5 Å². The van der Waals surface area contributed by atoms with Crippen LogP contribution < -0.4 is 21.9 Å². The molecule has 0 amide bonds. The summed E-state index contributed by atoms with van der Waals surface area (Å²) in [5.74, 6) is 0.634. The van der Waals surface area contributed by atoms with Crippen molar-refractivity contribution in [3.63, 3.8) is 0 Å². The van der Waals surface area contributed by atoms with E-state index in [0.29, 0.717) is 5.75 Å². The third-order valence-corrected chi connectivity index (χ3v) is 12.8. The highest BCUT2D eigenvalue weighted by Gasteiger charge is 2.47. The second-order valence-electron chi connectivity index (χ2n) is 17.6. The van der Waals surface area contributed by atoms with Crippen LogP contribution in [0.15, 0.2) is 127 Å². The molecule has 0 saturated heterocycles. The van der Waals surface area contributed by atoms with Crippen LogP contribution in [0.1, 0.15) is 50.1 Å². The molecule has 0 saturated carbocycles. The highest BCUT2D eigenvalue weighted by molar-refractivity contribution is 8.00. The van der Waals surface area contributed by atoms with Crippen molar-refractivity contribution in [1.29, 1.82) is 0 Å². The summed E-state index contributed by atoms with van der Waals surface area (Å²) in [5, 5.41) is 4.88. The Bertz CT molecular complexity index is 2860. The molecular weight excluding hydrogens is 1100 g/mol. The molecule has 7 aromatic rings. The van der Waals surface area contributed by atoms with Crippen LogP contribution in [0, 0.1) is 0 Å². The molecule has 0 aliphatic carbocycles. The van der Waals surface area contributed by atoms with Crippen LogP contribution in [0.2, 0.25) is 0 Å². The zero-order valence-corrected chi connectivity index (χ0v) is 38.6. The molecule has 0 aromatic heterocycles. The number of hydrogen-bond acceptors (Lipinski definition) is 1. The second kappa shape index (κ2) is 19.6. The van der Waals surface area contributed by atoms with E-state index in [2.05, 4.69) is 42.5 Å². The summed E-state index contributed by atoms with van der Waals surface area (Å²) in [6, 6.07) is 10.1. The minimum absolute atomic E-state index is 0.634. The molecule has 0 bridgehead atoms. The number of halogens is 24. The Morgan fingerprint density at radius 1 is 0.316 bits per heavy atom. The molecule has 76 heavy (non-hydrogen) atoms. The number of hydrogen-bond donors (Lipinski definition) is 0. The van der Waals surface area contributed by atoms with Crippen LogP contribution >= 0.6 is 0 Å². The van der Waals surface area contributed by atoms with Crippen LogP contribution in [0.3, 0.4) is 0 Å². The van der Waals surface area contributed by atoms with Gasteiger partial charge < -0.3 is 0 Å². The molecule has 0 spiro atoms. The van der Waals surface area contributed by atoms with Gasteiger partial charge in [0.2, 0.25) is 0 Å². The van der Waals surface area contributed by atoms with Crippen molar-refractivity contribution < 1.29 is 110 Å². The lowest BCUT2D eigenvalue weighted by molar-refractivity contribution is -0.144. The molecule has 7 aromatic carbocycles. The van der Waals surface area contributed by atoms with Crippen molar-refractivity contribution in [2.75, 3.05) is 12.5 Å². The normalized spacial score (nSPS) is 13.8. The standard InChI is InChI=1S/C32H12BF24.C17H17OS/c34-25(35,36)13-1-14(26(37,38)39)6-21(5-13)33(22-7-15(27(40,41)42)2-16(8-22)28(43,44)45,23-9-17(29(46,47)48)3-18(10-23)30(49,50)51)24-11-19(31(52,53)54)4-20(12-24)32(55,56)57;1-19(2,18)12-17-15-9-5-3-7-13(15)11-14-8-4-6-10-16(14)17/h1-12H;3-11H,12H2,1-2H3/q-1;+1. The lowest BCUT2D eigenvalue weighted by atomic mass is 9.12. The van der Waals surface area contributed by atoms with E-state index in [-0.39, 0.29) is 0 Å². The predicted octanol–water partition coefficient (Wildman–Crippen LogP) is 15.5. The average Bonchev–Trinajstić information content (AvgIpc) is 3.26. The quantitative estimate of drug-likeness (QED) is 0.0702. The van der Waals surface area contributed by atoms with Gasteiger partial charge in [0.15, 0.2) is 0 Å². The summed E-state index contributed by atoms with van der Waals surface area (Å²) in [6.45, 7) is 0. The van der Waals surface area contributed by atoms with Gasteiger partial charge >= 0.3 is 49.4 Å². The van der Waals surface area contributed by atoms with Gasteiger partial charge in [-0.15, -0.1) is 4.21 Å². The minimum Gasteiger partial charge on any atom is -0.194 e. The summed E-state index contributed by atoms with van der Waals surface area (Å²) in [4.78, 5) is 0. The first-order chi connectivity index (χ1) is 34.3. The third kappa shape index (κ3) is 12.9. The molecule has 0 aliphatic rings. The number of rotatable bonds is 6.